The van der Waals surface area contributed by atoms with E-state index in [2.05, 4.69) is 22.1 Å². The zero-order chi connectivity index (χ0) is 12.3. The third-order valence-electron chi connectivity index (χ3n) is 3.02. The van der Waals surface area contributed by atoms with Gasteiger partial charge < -0.3 is 4.74 Å². The minimum Gasteiger partial charge on any atom is -0.374 e. The first kappa shape index (κ1) is 12.8. The average molecular weight is 259 g/mol. The molecule has 0 radical (unpaired) electrons. The lowest BCUT2D eigenvalue weighted by molar-refractivity contribution is -0.0360. The first-order valence-corrected chi connectivity index (χ1v) is 6.50. The zero-order valence-electron chi connectivity index (χ0n) is 10.3. The van der Waals surface area contributed by atoms with Crippen molar-refractivity contribution in [3.05, 3.63) is 11.9 Å². The van der Waals surface area contributed by atoms with Gasteiger partial charge in [-0.15, -0.1) is 16.7 Å². The van der Waals surface area contributed by atoms with Crippen LogP contribution in [0.3, 0.4) is 0 Å². The Kier molecular flexibility index (Phi) is 4.36. The van der Waals surface area contributed by atoms with Crippen molar-refractivity contribution in [3.8, 4) is 0 Å². The summed E-state index contributed by atoms with van der Waals surface area (Å²) in [5.41, 5.74) is 0.815. The highest BCUT2D eigenvalue weighted by Crippen LogP contribution is 2.16. The Morgan fingerprint density at radius 3 is 3.12 bits per heavy atom. The summed E-state index contributed by atoms with van der Waals surface area (Å²) in [5.74, 6) is 0. The van der Waals surface area contributed by atoms with Crippen molar-refractivity contribution in [1.82, 2.24) is 19.9 Å². The molecule has 1 saturated heterocycles. The number of rotatable bonds is 4. The second-order valence-electron chi connectivity index (χ2n) is 4.37. The Bertz CT molecular complexity index is 355. The number of hydrogen-bond acceptors (Lipinski definition) is 4. The van der Waals surface area contributed by atoms with Crippen LogP contribution in [-0.2, 0) is 11.3 Å². The van der Waals surface area contributed by atoms with Crippen LogP contribution in [-0.4, -0.2) is 52.2 Å². The van der Waals surface area contributed by atoms with Gasteiger partial charge in [-0.2, -0.15) is 0 Å². The lowest BCUT2D eigenvalue weighted by Crippen LogP contribution is -2.44. The first-order valence-electron chi connectivity index (χ1n) is 6.07. The smallest absolute Gasteiger partial charge is 0.100 e. The van der Waals surface area contributed by atoms with Gasteiger partial charge in [0.05, 0.1) is 30.8 Å². The van der Waals surface area contributed by atoms with Gasteiger partial charge >= 0.3 is 0 Å². The SMILES string of the molecule is CCN1CCOC(Cn2cc(C(C)Cl)nn2)C1. The Hall–Kier alpha value is -0.650. The predicted octanol–water partition coefficient (Wildman–Crippen LogP) is 1.30. The zero-order valence-corrected chi connectivity index (χ0v) is 11.1. The maximum absolute atomic E-state index is 5.95. The molecular formula is C11H19ClN4O. The van der Waals surface area contributed by atoms with E-state index in [1.54, 1.807) is 0 Å². The number of nitrogens with zero attached hydrogens (tertiary/aromatic N) is 4. The fourth-order valence-corrected chi connectivity index (χ4v) is 2.07. The van der Waals surface area contributed by atoms with Gasteiger partial charge in [-0.1, -0.05) is 12.1 Å². The normalized spacial score (nSPS) is 23.8. The van der Waals surface area contributed by atoms with Gasteiger partial charge in [-0.25, -0.2) is 4.68 Å². The maximum Gasteiger partial charge on any atom is 0.100 e. The van der Waals surface area contributed by atoms with Crippen molar-refractivity contribution in [2.24, 2.45) is 0 Å². The molecule has 0 amide bonds. The van der Waals surface area contributed by atoms with Crippen LogP contribution >= 0.6 is 11.6 Å². The van der Waals surface area contributed by atoms with E-state index in [0.717, 1.165) is 38.5 Å². The van der Waals surface area contributed by atoms with E-state index >= 15 is 0 Å². The van der Waals surface area contributed by atoms with Crippen LogP contribution in [0.1, 0.15) is 24.9 Å². The van der Waals surface area contributed by atoms with Gasteiger partial charge in [0.15, 0.2) is 0 Å². The molecule has 0 spiro atoms. The molecule has 1 aliphatic heterocycles. The summed E-state index contributed by atoms with van der Waals surface area (Å²) >= 11 is 5.95. The van der Waals surface area contributed by atoms with Crippen molar-refractivity contribution in [3.63, 3.8) is 0 Å². The van der Waals surface area contributed by atoms with Crippen LogP contribution in [0.2, 0.25) is 0 Å². The van der Waals surface area contributed by atoms with Crippen molar-refractivity contribution >= 4 is 11.6 Å². The number of halogens is 1. The minimum absolute atomic E-state index is 0.0943. The summed E-state index contributed by atoms with van der Waals surface area (Å²) in [6.45, 7) is 8.66. The molecule has 0 bridgehead atoms. The van der Waals surface area contributed by atoms with Crippen LogP contribution in [0.4, 0.5) is 0 Å². The van der Waals surface area contributed by atoms with Crippen molar-refractivity contribution in [1.29, 1.82) is 0 Å². The molecule has 2 unspecified atom stereocenters. The number of ether oxygens (including phenoxy) is 1. The number of likely N-dealkylation sites (N-methyl/N-ethyl adjacent to an activating group) is 1. The summed E-state index contributed by atoms with van der Waals surface area (Å²) in [4.78, 5) is 2.39. The topological polar surface area (TPSA) is 43.2 Å². The maximum atomic E-state index is 5.95. The highest BCUT2D eigenvalue weighted by Gasteiger charge is 2.20. The van der Waals surface area contributed by atoms with E-state index in [1.165, 1.54) is 0 Å². The van der Waals surface area contributed by atoms with Gasteiger partial charge in [0.2, 0.25) is 0 Å². The van der Waals surface area contributed by atoms with Crippen molar-refractivity contribution < 1.29 is 4.74 Å². The van der Waals surface area contributed by atoms with E-state index in [0.29, 0.717) is 0 Å². The molecule has 0 N–H and O–H groups in total. The number of hydrogen-bond donors (Lipinski definition) is 0. The summed E-state index contributed by atoms with van der Waals surface area (Å²) in [5, 5.41) is 8.00. The lowest BCUT2D eigenvalue weighted by Gasteiger charge is -2.31. The predicted molar refractivity (Wildman–Crippen MR) is 66.1 cm³/mol. The van der Waals surface area contributed by atoms with Gasteiger partial charge in [-0.3, -0.25) is 4.90 Å². The number of morpholine rings is 1. The number of alkyl halides is 1. The molecule has 1 aromatic heterocycles. The Labute approximate surface area is 107 Å². The van der Waals surface area contributed by atoms with Gasteiger partial charge in [0.1, 0.15) is 5.69 Å². The molecule has 5 nitrogen and oxygen atoms in total. The van der Waals surface area contributed by atoms with Crippen LogP contribution in [0.25, 0.3) is 0 Å². The molecule has 0 aliphatic carbocycles. The van der Waals surface area contributed by atoms with Crippen molar-refractivity contribution in [2.75, 3.05) is 26.2 Å². The molecule has 1 aliphatic rings. The van der Waals surface area contributed by atoms with Crippen LogP contribution in [0.15, 0.2) is 6.20 Å². The second-order valence-corrected chi connectivity index (χ2v) is 5.02. The molecule has 2 heterocycles. The summed E-state index contributed by atoms with van der Waals surface area (Å²) in [7, 11) is 0. The van der Waals surface area contributed by atoms with Crippen LogP contribution in [0, 0.1) is 0 Å². The van der Waals surface area contributed by atoms with E-state index in [-0.39, 0.29) is 11.5 Å². The molecule has 1 aromatic rings. The fourth-order valence-electron chi connectivity index (χ4n) is 1.97. The Balaban J connectivity index is 1.91. The molecule has 2 rings (SSSR count). The summed E-state index contributed by atoms with van der Waals surface area (Å²) in [6.07, 6.45) is 2.09. The highest BCUT2D eigenvalue weighted by molar-refractivity contribution is 6.20. The van der Waals surface area contributed by atoms with Crippen LogP contribution < -0.4 is 0 Å². The van der Waals surface area contributed by atoms with Gasteiger partial charge in [0, 0.05) is 13.1 Å². The molecule has 6 heteroatoms. The quantitative estimate of drug-likeness (QED) is 0.764. The lowest BCUT2D eigenvalue weighted by atomic mass is 10.2. The standard InChI is InChI=1S/C11H19ClN4O/c1-3-15-4-5-17-10(6-15)7-16-8-11(9(2)12)13-14-16/h8-10H,3-7H2,1-2H3. The summed E-state index contributed by atoms with van der Waals surface area (Å²) < 4.78 is 7.54. The van der Waals surface area contributed by atoms with E-state index in [1.807, 2.05) is 17.8 Å². The molecule has 0 saturated carbocycles. The first-order chi connectivity index (χ1) is 8.19. The fraction of sp³-hybridized carbons (Fsp3) is 0.818. The van der Waals surface area contributed by atoms with Crippen molar-refractivity contribution in [2.45, 2.75) is 31.9 Å². The molecule has 17 heavy (non-hydrogen) atoms. The molecule has 0 aromatic carbocycles. The second kappa shape index (κ2) is 5.80. The molecule has 1 fully saturated rings. The number of aromatic nitrogens is 3. The minimum atomic E-state index is -0.0943. The van der Waals surface area contributed by atoms with E-state index in [4.69, 9.17) is 16.3 Å². The van der Waals surface area contributed by atoms with Gasteiger partial charge in [-0.05, 0) is 13.5 Å². The van der Waals surface area contributed by atoms with E-state index < -0.39 is 0 Å². The summed E-state index contributed by atoms with van der Waals surface area (Å²) in [6, 6.07) is 0. The third-order valence-corrected chi connectivity index (χ3v) is 3.25. The highest BCUT2D eigenvalue weighted by atomic mass is 35.5. The monoisotopic (exact) mass is 258 g/mol. The molecule has 96 valence electrons. The Morgan fingerprint density at radius 2 is 2.47 bits per heavy atom. The van der Waals surface area contributed by atoms with Crippen LogP contribution in [0.5, 0.6) is 0 Å². The Morgan fingerprint density at radius 1 is 1.65 bits per heavy atom. The average Bonchev–Trinajstić information content (AvgIpc) is 2.78. The van der Waals surface area contributed by atoms with E-state index in [9.17, 15) is 0 Å². The third kappa shape index (κ3) is 3.40. The van der Waals surface area contributed by atoms with Gasteiger partial charge in [0.25, 0.3) is 0 Å². The largest absolute Gasteiger partial charge is 0.374 e. The molecule has 2 atom stereocenters. The molecular weight excluding hydrogens is 240 g/mol.